The molecule has 3 aliphatic heterocycles. The second-order valence-electron chi connectivity index (χ2n) is 9.45. The molecule has 8 rings (SSSR count). The Morgan fingerprint density at radius 2 is 0.974 bits per heavy atom. The number of fused-ring (bicyclic) bond motifs is 3. The Kier molecular flexibility index (Phi) is 3.89. The maximum atomic E-state index is 7.35. The predicted octanol–water partition coefficient (Wildman–Crippen LogP) is 7.33. The quantitative estimate of drug-likeness (QED) is 0.234. The van der Waals surface area contributed by atoms with Crippen LogP contribution in [-0.4, -0.2) is 0 Å². The molecule has 6 nitrogen and oxygen atoms in total. The molecule has 0 bridgehead atoms. The van der Waals surface area contributed by atoms with E-state index in [-0.39, 0.29) is 0 Å². The molecular formula is C31H23N2O4P. The maximum absolute atomic E-state index is 7.35. The zero-order valence-electron chi connectivity index (χ0n) is 20.3. The fourth-order valence-corrected chi connectivity index (χ4v) is 11.0. The Bertz CT molecular complexity index is 1740. The summed E-state index contributed by atoms with van der Waals surface area (Å²) in [4.78, 5) is 0. The summed E-state index contributed by atoms with van der Waals surface area (Å²) in [5.41, 5.74) is 3.40. The summed E-state index contributed by atoms with van der Waals surface area (Å²) < 4.78 is 32.7. The molecule has 0 saturated heterocycles. The number of rotatable bonds is 3. The fourth-order valence-electron chi connectivity index (χ4n) is 5.68. The zero-order valence-corrected chi connectivity index (χ0v) is 21.1. The number of hydrogen-bond donors (Lipinski definition) is 0. The molecule has 4 aromatic carbocycles. The molecule has 0 fully saturated rings. The normalized spacial score (nSPS) is 20.3. The van der Waals surface area contributed by atoms with Gasteiger partial charge in [0, 0.05) is 0 Å². The molecule has 0 amide bonds. The summed E-state index contributed by atoms with van der Waals surface area (Å²) in [5.74, 6) is 2.29. The molecule has 1 aromatic heterocycles. The molecule has 0 atom stereocenters. The first-order chi connectivity index (χ1) is 18.7. The summed E-state index contributed by atoms with van der Waals surface area (Å²) in [6.45, 7) is 0. The average molecular weight is 519 g/mol. The molecule has 1 spiro atoms. The van der Waals surface area contributed by atoms with Crippen LogP contribution in [0.2, 0.25) is 0 Å². The molecular weight excluding hydrogens is 495 g/mol. The van der Waals surface area contributed by atoms with E-state index in [1.165, 1.54) is 0 Å². The number of hydrogen-bond acceptors (Lipinski definition) is 5. The van der Waals surface area contributed by atoms with Crippen molar-refractivity contribution in [3.05, 3.63) is 151 Å². The number of nitrogens with zero attached hydrogens (tertiary/aromatic N) is 2. The van der Waals surface area contributed by atoms with Gasteiger partial charge in [-0.2, -0.15) is 0 Å². The van der Waals surface area contributed by atoms with Crippen molar-refractivity contribution >= 4 is 24.3 Å². The number of aromatic nitrogens is 1. The van der Waals surface area contributed by atoms with Crippen molar-refractivity contribution in [1.82, 2.24) is 0 Å². The molecule has 7 heteroatoms. The van der Waals surface area contributed by atoms with Gasteiger partial charge in [0.05, 0.1) is 0 Å². The minimum absolute atomic E-state index is 0.541. The van der Waals surface area contributed by atoms with Gasteiger partial charge >= 0.3 is 220 Å². The third kappa shape index (κ3) is 2.39. The van der Waals surface area contributed by atoms with Crippen LogP contribution in [0.3, 0.4) is 0 Å². The van der Waals surface area contributed by atoms with Gasteiger partial charge in [0.25, 0.3) is 0 Å². The summed E-state index contributed by atoms with van der Waals surface area (Å²) in [5, 5.41) is 0. The first-order valence-corrected chi connectivity index (χ1v) is 14.7. The third-order valence-electron chi connectivity index (χ3n) is 7.21. The number of anilines is 1. The van der Waals surface area contributed by atoms with Crippen LogP contribution < -0.4 is 22.6 Å². The SMILES string of the molecule is c1ccc(C2=C(c3ccccc3)N3c4ccccc4O[P-]34([n+]3ccccc3)(O2)Oc2ccccc2O4)cc1. The molecule has 0 saturated carbocycles. The molecule has 0 N–H and O–H groups in total. The van der Waals surface area contributed by atoms with Gasteiger partial charge in [-0.05, 0) is 0 Å². The van der Waals surface area contributed by atoms with Crippen molar-refractivity contribution in [1.29, 1.82) is 0 Å². The van der Waals surface area contributed by atoms with Gasteiger partial charge in [0.1, 0.15) is 0 Å². The van der Waals surface area contributed by atoms with Gasteiger partial charge in [0.2, 0.25) is 0 Å². The van der Waals surface area contributed by atoms with Crippen molar-refractivity contribution in [2.24, 2.45) is 0 Å². The van der Waals surface area contributed by atoms with Crippen molar-refractivity contribution in [3.63, 3.8) is 0 Å². The van der Waals surface area contributed by atoms with Crippen molar-refractivity contribution in [2.75, 3.05) is 4.67 Å². The molecule has 0 aliphatic carbocycles. The standard InChI is InChI=1S/C31H23N2O4P/c1-4-14-24(15-5-1)30-31(25-16-6-2-7-17-25)37-38(32-22-12-3-13-23-32,35-28-20-10-11-21-29(28)36-38)33(30)26-18-8-9-19-27(26)34-38/h1-23H. The van der Waals surface area contributed by atoms with Crippen LogP contribution in [0.15, 0.2) is 140 Å². The van der Waals surface area contributed by atoms with Crippen LogP contribution in [0.1, 0.15) is 11.1 Å². The van der Waals surface area contributed by atoms with E-state index in [2.05, 4.69) is 12.1 Å². The first kappa shape index (κ1) is 21.3. The Morgan fingerprint density at radius 1 is 0.474 bits per heavy atom. The van der Waals surface area contributed by atoms with Crippen LogP contribution in [0, 0.1) is 0 Å². The van der Waals surface area contributed by atoms with Gasteiger partial charge in [0.15, 0.2) is 0 Å². The minimum atomic E-state index is -5.67. The van der Waals surface area contributed by atoms with Gasteiger partial charge in [-0.3, -0.25) is 0 Å². The van der Waals surface area contributed by atoms with E-state index in [0.717, 1.165) is 22.5 Å². The van der Waals surface area contributed by atoms with E-state index in [1.54, 1.807) is 0 Å². The summed E-state index contributed by atoms with van der Waals surface area (Å²) in [6.07, 6.45) is 3.77. The first-order valence-electron chi connectivity index (χ1n) is 12.5. The Hall–Kier alpha value is -4.80. The van der Waals surface area contributed by atoms with Gasteiger partial charge in [-0.25, -0.2) is 0 Å². The summed E-state index contributed by atoms with van der Waals surface area (Å²) in [6, 6.07) is 41.4. The third-order valence-corrected chi connectivity index (χ3v) is 12.0. The van der Waals surface area contributed by atoms with Crippen LogP contribution >= 0.6 is 7.15 Å². The molecule has 0 unspecified atom stereocenters. The van der Waals surface area contributed by atoms with Crippen molar-refractivity contribution < 1.29 is 22.4 Å². The topological polar surface area (TPSA) is 44.0 Å². The number of para-hydroxylation sites is 4. The molecule has 38 heavy (non-hydrogen) atoms. The van der Waals surface area contributed by atoms with E-state index in [9.17, 15) is 0 Å². The van der Waals surface area contributed by atoms with Gasteiger partial charge in [-0.1, -0.05) is 0 Å². The summed E-state index contributed by atoms with van der Waals surface area (Å²) in [7, 11) is -5.67. The molecule has 5 aromatic rings. The molecule has 0 radical (unpaired) electrons. The van der Waals surface area contributed by atoms with Crippen molar-refractivity contribution in [3.8, 4) is 17.2 Å². The Morgan fingerprint density at radius 3 is 1.63 bits per heavy atom. The van der Waals surface area contributed by atoms with E-state index >= 15 is 0 Å². The van der Waals surface area contributed by atoms with Crippen LogP contribution in [0.25, 0.3) is 11.5 Å². The fraction of sp³-hybridized carbons (Fsp3) is 0. The van der Waals surface area contributed by atoms with Crippen LogP contribution in [0.5, 0.6) is 17.2 Å². The second kappa shape index (κ2) is 6.94. The second-order valence-corrected chi connectivity index (χ2v) is 13.4. The van der Waals surface area contributed by atoms with E-state index in [4.69, 9.17) is 18.1 Å². The van der Waals surface area contributed by atoms with E-state index in [0.29, 0.717) is 23.0 Å². The van der Waals surface area contributed by atoms with Crippen molar-refractivity contribution in [2.45, 2.75) is 0 Å². The van der Waals surface area contributed by atoms with E-state index in [1.807, 2.05) is 137 Å². The van der Waals surface area contributed by atoms with Crippen LogP contribution in [-0.2, 0) is 4.52 Å². The average Bonchev–Trinajstić information content (AvgIpc) is 3.54. The molecule has 4 heterocycles. The predicted molar refractivity (Wildman–Crippen MR) is 147 cm³/mol. The monoisotopic (exact) mass is 518 g/mol. The van der Waals surface area contributed by atoms with E-state index < -0.39 is 7.15 Å². The Labute approximate surface area is 219 Å². The van der Waals surface area contributed by atoms with Gasteiger partial charge < -0.3 is 0 Å². The zero-order chi connectivity index (χ0) is 25.3. The number of benzene rings is 4. The van der Waals surface area contributed by atoms with Crippen LogP contribution in [0.4, 0.5) is 5.69 Å². The number of pyridine rings is 1. The summed E-state index contributed by atoms with van der Waals surface area (Å²) >= 11 is 0. The molecule has 3 aliphatic rings. The Balaban J connectivity index is 1.56. The van der Waals surface area contributed by atoms with Gasteiger partial charge in [-0.15, -0.1) is 0 Å². The molecule has 186 valence electrons.